The van der Waals surface area contributed by atoms with Crippen molar-refractivity contribution in [2.24, 2.45) is 0 Å². The fourth-order valence-electron chi connectivity index (χ4n) is 5.39. The van der Waals surface area contributed by atoms with Crippen LogP contribution in [0.1, 0.15) is 25.0 Å². The zero-order chi connectivity index (χ0) is 31.1. The van der Waals surface area contributed by atoms with Gasteiger partial charge < -0.3 is 29.7 Å². The van der Waals surface area contributed by atoms with E-state index < -0.39 is 11.1 Å². The molecule has 0 radical (unpaired) electrons. The Balaban J connectivity index is 1.22. The molecule has 13 heteroatoms. The number of pyridine rings is 3. The maximum atomic E-state index is 12.2. The van der Waals surface area contributed by atoms with Crippen molar-refractivity contribution in [1.29, 1.82) is 5.26 Å². The summed E-state index contributed by atoms with van der Waals surface area (Å²) in [5, 5.41) is 27.3. The van der Waals surface area contributed by atoms with Crippen LogP contribution in [0.4, 0.5) is 5.82 Å². The molecule has 2 aliphatic rings. The van der Waals surface area contributed by atoms with Crippen molar-refractivity contribution in [3.63, 3.8) is 0 Å². The predicted molar refractivity (Wildman–Crippen MR) is 158 cm³/mol. The highest BCUT2D eigenvalue weighted by Crippen LogP contribution is 2.40. The SMILES string of the molecule is COc1ccc(CN2C(=C=O)NC3(CN(c4ccc(-c5cc(OCC(C)(C)O)cn6ncc(C#N)c56)cn4)C3)C2=C=O)cn1. The summed E-state index contributed by atoms with van der Waals surface area (Å²) in [6.45, 7) is 4.35. The molecule has 0 amide bonds. The van der Waals surface area contributed by atoms with Crippen molar-refractivity contribution < 1.29 is 24.2 Å². The van der Waals surface area contributed by atoms with Gasteiger partial charge in [-0.25, -0.2) is 24.1 Å². The Morgan fingerprint density at radius 1 is 1.11 bits per heavy atom. The molecule has 222 valence electrons. The van der Waals surface area contributed by atoms with Gasteiger partial charge in [0.05, 0.1) is 55.8 Å². The molecular formula is C31H28N8O5. The smallest absolute Gasteiger partial charge is 0.212 e. The summed E-state index contributed by atoms with van der Waals surface area (Å²) in [5.74, 6) is 5.72. The first-order chi connectivity index (χ1) is 21.2. The van der Waals surface area contributed by atoms with Crippen molar-refractivity contribution in [3.8, 4) is 28.8 Å². The first-order valence-corrected chi connectivity index (χ1v) is 13.7. The van der Waals surface area contributed by atoms with Crippen LogP contribution >= 0.6 is 0 Å². The zero-order valence-corrected chi connectivity index (χ0v) is 24.2. The highest BCUT2D eigenvalue weighted by atomic mass is 16.5. The monoisotopic (exact) mass is 592 g/mol. The summed E-state index contributed by atoms with van der Waals surface area (Å²) in [6, 6.07) is 11.2. The van der Waals surface area contributed by atoms with Gasteiger partial charge in [0.15, 0.2) is 11.8 Å². The predicted octanol–water partition coefficient (Wildman–Crippen LogP) is 1.87. The number of anilines is 1. The minimum absolute atomic E-state index is 0.0684. The van der Waals surface area contributed by atoms with Gasteiger partial charge in [0.25, 0.3) is 0 Å². The van der Waals surface area contributed by atoms with Crippen LogP contribution in [0.15, 0.2) is 66.6 Å². The van der Waals surface area contributed by atoms with Gasteiger partial charge in [0.2, 0.25) is 5.88 Å². The number of nitrogens with one attached hydrogen (secondary N) is 1. The van der Waals surface area contributed by atoms with E-state index in [4.69, 9.17) is 9.47 Å². The number of aliphatic hydroxyl groups is 1. The number of ether oxygens (including phenoxy) is 2. The van der Waals surface area contributed by atoms with E-state index in [1.165, 1.54) is 13.3 Å². The zero-order valence-electron chi connectivity index (χ0n) is 24.2. The van der Waals surface area contributed by atoms with E-state index in [1.54, 1.807) is 54.0 Å². The van der Waals surface area contributed by atoms with E-state index in [-0.39, 0.29) is 19.0 Å². The summed E-state index contributed by atoms with van der Waals surface area (Å²) < 4.78 is 12.5. The molecule has 2 N–H and O–H groups in total. The van der Waals surface area contributed by atoms with Crippen LogP contribution in [-0.4, -0.2) is 79.4 Å². The number of fused-ring (bicyclic) bond motifs is 1. The molecule has 4 aromatic heterocycles. The average Bonchev–Trinajstić information content (AvgIpc) is 3.57. The van der Waals surface area contributed by atoms with E-state index in [2.05, 4.69) is 26.5 Å². The Morgan fingerprint density at radius 3 is 2.55 bits per heavy atom. The van der Waals surface area contributed by atoms with Crippen LogP contribution in [0.5, 0.6) is 11.6 Å². The lowest BCUT2D eigenvalue weighted by molar-refractivity contribution is 0.0283. The van der Waals surface area contributed by atoms with Crippen LogP contribution in [0.2, 0.25) is 0 Å². The number of hydrogen-bond acceptors (Lipinski definition) is 12. The molecule has 44 heavy (non-hydrogen) atoms. The molecule has 0 unspecified atom stereocenters. The quantitative estimate of drug-likeness (QED) is 0.287. The third-order valence-corrected chi connectivity index (χ3v) is 7.50. The molecule has 1 spiro atoms. The standard InChI is InChI=1S/C31H28N8O5/c1-30(2,42)19-44-23-8-24(29-22(9-32)12-35-39(29)14-23)21-5-6-26(33-11-21)37-17-31(18-37)25(15-40)38(27(16-41)36-31)13-20-4-7-28(43-3)34-10-20/h4-8,10-12,14,36,42H,13,17-19H2,1-3H3. The van der Waals surface area contributed by atoms with Gasteiger partial charge in [-0.15, -0.1) is 0 Å². The number of nitriles is 1. The first-order valence-electron chi connectivity index (χ1n) is 13.7. The summed E-state index contributed by atoms with van der Waals surface area (Å²) in [5.41, 5.74) is 1.68. The Bertz CT molecular complexity index is 1870. The lowest BCUT2D eigenvalue weighted by Crippen LogP contribution is -2.68. The van der Waals surface area contributed by atoms with Crippen LogP contribution in [0.3, 0.4) is 0 Å². The van der Waals surface area contributed by atoms with Crippen molar-refractivity contribution >= 4 is 23.2 Å². The van der Waals surface area contributed by atoms with Crippen LogP contribution in [0, 0.1) is 11.3 Å². The molecule has 2 aliphatic heterocycles. The number of methoxy groups -OCH3 is 1. The molecule has 0 saturated carbocycles. The maximum absolute atomic E-state index is 12.2. The highest BCUT2D eigenvalue weighted by molar-refractivity contribution is 5.85. The van der Waals surface area contributed by atoms with E-state index in [0.29, 0.717) is 52.9 Å². The van der Waals surface area contributed by atoms with E-state index in [9.17, 15) is 20.0 Å². The lowest BCUT2D eigenvalue weighted by atomic mass is 9.87. The fourth-order valence-corrected chi connectivity index (χ4v) is 5.39. The normalized spacial score (nSPS) is 15.4. The Kier molecular flexibility index (Phi) is 7.03. The average molecular weight is 593 g/mol. The second-order valence-electron chi connectivity index (χ2n) is 11.3. The Morgan fingerprint density at radius 2 is 1.93 bits per heavy atom. The molecule has 0 aliphatic carbocycles. The minimum Gasteiger partial charge on any atom is -0.489 e. The summed E-state index contributed by atoms with van der Waals surface area (Å²) in [7, 11) is 1.53. The third kappa shape index (κ3) is 5.10. The fraction of sp³-hybridized carbons (Fsp3) is 0.290. The van der Waals surface area contributed by atoms with E-state index >= 15 is 0 Å². The number of aromatic nitrogens is 4. The number of hydrogen-bond donors (Lipinski definition) is 2. The molecule has 2 saturated heterocycles. The number of rotatable bonds is 8. The lowest BCUT2D eigenvalue weighted by Gasteiger charge is -2.47. The first kappa shape index (κ1) is 28.5. The molecule has 6 heterocycles. The van der Waals surface area contributed by atoms with E-state index in [0.717, 1.165) is 11.1 Å². The van der Waals surface area contributed by atoms with Crippen LogP contribution in [0.25, 0.3) is 16.6 Å². The van der Waals surface area contributed by atoms with Gasteiger partial charge in [-0.1, -0.05) is 6.07 Å². The Labute approximate surface area is 252 Å². The van der Waals surface area contributed by atoms with Gasteiger partial charge in [-0.3, -0.25) is 0 Å². The molecule has 0 aromatic carbocycles. The molecule has 6 rings (SSSR count). The number of nitrogens with zero attached hydrogens (tertiary/aromatic N) is 7. The third-order valence-electron chi connectivity index (χ3n) is 7.50. The molecule has 0 atom stereocenters. The van der Waals surface area contributed by atoms with Gasteiger partial charge in [0.1, 0.15) is 41.4 Å². The van der Waals surface area contributed by atoms with Gasteiger partial charge in [-0.05, 0) is 37.6 Å². The summed E-state index contributed by atoms with van der Waals surface area (Å²) in [4.78, 5) is 36.4. The van der Waals surface area contributed by atoms with Gasteiger partial charge in [-0.2, -0.15) is 10.4 Å². The van der Waals surface area contributed by atoms with Crippen molar-refractivity contribution in [3.05, 3.63) is 77.8 Å². The van der Waals surface area contributed by atoms with Crippen LogP contribution in [-0.2, 0) is 16.1 Å². The second-order valence-corrected chi connectivity index (χ2v) is 11.3. The summed E-state index contributed by atoms with van der Waals surface area (Å²) >= 11 is 0. The minimum atomic E-state index is -1.03. The summed E-state index contributed by atoms with van der Waals surface area (Å²) in [6.07, 6.45) is 6.47. The molecule has 13 nitrogen and oxygen atoms in total. The second kappa shape index (κ2) is 10.9. The number of carbonyl (C=O) groups excluding carboxylic acids is 2. The Hall–Kier alpha value is -5.66. The topological polar surface area (TPSA) is 158 Å². The molecule has 4 aromatic rings. The molecule has 2 fully saturated rings. The van der Waals surface area contributed by atoms with Gasteiger partial charge >= 0.3 is 0 Å². The highest BCUT2D eigenvalue weighted by Gasteiger charge is 2.55. The van der Waals surface area contributed by atoms with Crippen molar-refractivity contribution in [2.75, 3.05) is 31.7 Å². The van der Waals surface area contributed by atoms with Crippen LogP contribution < -0.4 is 19.7 Å². The molecular weight excluding hydrogens is 564 g/mol. The maximum Gasteiger partial charge on any atom is 0.212 e. The molecule has 0 bridgehead atoms. The van der Waals surface area contributed by atoms with Gasteiger partial charge in [0, 0.05) is 29.6 Å². The van der Waals surface area contributed by atoms with Crippen molar-refractivity contribution in [2.45, 2.75) is 31.5 Å². The van der Waals surface area contributed by atoms with E-state index in [1.807, 2.05) is 35.0 Å². The largest absolute Gasteiger partial charge is 0.489 e. The van der Waals surface area contributed by atoms with Crippen molar-refractivity contribution in [1.82, 2.24) is 29.8 Å².